The smallest absolute Gasteiger partial charge is 0.512 e. The van der Waals surface area contributed by atoms with E-state index >= 15 is 0 Å². The quantitative estimate of drug-likeness (QED) is 0.00385. The number of likely N-dealkylation sites (tertiary alicyclic amines) is 1. The summed E-state index contributed by atoms with van der Waals surface area (Å²) < 4.78 is 55.0. The predicted octanol–water partition coefficient (Wildman–Crippen LogP) is 24.4. The Labute approximate surface area is 947 Å². The fourth-order valence-corrected chi connectivity index (χ4v) is 17.3. The second-order valence-corrected chi connectivity index (χ2v) is 44.5. The van der Waals surface area contributed by atoms with Gasteiger partial charge in [0.1, 0.15) is 23.5 Å². The summed E-state index contributed by atoms with van der Waals surface area (Å²) >= 11 is 45.9. The average molecular weight is 2530 g/mol. The van der Waals surface area contributed by atoms with Gasteiger partial charge in [-0.2, -0.15) is 18.9 Å². The van der Waals surface area contributed by atoms with E-state index in [1.165, 1.54) is 23.3 Å². The number of carboxylic acids is 2. The Morgan fingerprint density at radius 3 is 1.46 bits per heavy atom. The molecule has 48 heteroatoms. The first-order valence-corrected chi connectivity index (χ1v) is 55.3. The van der Waals surface area contributed by atoms with Gasteiger partial charge in [-0.25, -0.2) is 14.4 Å². The number of aromatic nitrogens is 2. The Balaban J connectivity index is 0.000000854. The number of rotatable bonds is 17. The van der Waals surface area contributed by atoms with Gasteiger partial charge in [-0.3, -0.25) is 53.3 Å². The van der Waals surface area contributed by atoms with Gasteiger partial charge in [0, 0.05) is 153 Å². The fourth-order valence-electron chi connectivity index (χ4n) is 14.6. The first-order chi connectivity index (χ1) is 70.4. The van der Waals surface area contributed by atoms with Gasteiger partial charge < -0.3 is 90.3 Å². The number of pyridine rings is 2. The van der Waals surface area contributed by atoms with E-state index in [0.717, 1.165) is 227 Å². The molecule has 0 spiro atoms. The van der Waals surface area contributed by atoms with Gasteiger partial charge in [-0.05, 0) is 265 Å². The number of nitrogen functional groups attached to an aromatic ring is 3. The van der Waals surface area contributed by atoms with E-state index < -0.39 is 45.1 Å². The Hall–Kier alpha value is -10.7. The molecule has 2 amide bonds. The van der Waals surface area contributed by atoms with Crippen molar-refractivity contribution >= 4 is 251 Å². The predicted molar refractivity (Wildman–Crippen MR) is 607 cm³/mol. The molecule has 4 aliphatic heterocycles. The molecule has 150 heavy (non-hydrogen) atoms. The summed E-state index contributed by atoms with van der Waals surface area (Å²) in [6, 6.07) is 44.9. The van der Waals surface area contributed by atoms with E-state index in [-0.39, 0.29) is 35.3 Å². The van der Waals surface area contributed by atoms with Crippen molar-refractivity contribution in [2.45, 2.75) is 145 Å². The number of ether oxygens (including phenoxy) is 2. The third kappa shape index (κ3) is 44.5. The number of carbonyl (C=O) groups is 6. The topological polar surface area (TPSA) is 577 Å². The van der Waals surface area contributed by atoms with Gasteiger partial charge in [0.25, 0.3) is 17.6 Å². The van der Waals surface area contributed by atoms with Gasteiger partial charge in [-0.1, -0.05) is 170 Å². The molecule has 18 N–H and O–H groups in total. The molecule has 0 bridgehead atoms. The zero-order valence-electron chi connectivity index (χ0n) is 83.6. The molecule has 2 aromatic heterocycles. The summed E-state index contributed by atoms with van der Waals surface area (Å²) in [7, 11) is 4.80. The normalized spacial score (nSPS) is 12.3. The summed E-state index contributed by atoms with van der Waals surface area (Å²) in [5.41, 5.74) is 44.2. The zero-order chi connectivity index (χ0) is 113. The maximum absolute atomic E-state index is 11.4. The monoisotopic (exact) mass is 2520 g/mol. The number of methoxy groups -OCH3 is 2. The number of ketones is 2. The minimum atomic E-state index is -4.67. The number of oxime groups is 1. The van der Waals surface area contributed by atoms with Crippen LogP contribution in [0, 0.1) is 41.1 Å². The molecule has 9 aromatic carbocycles. The fraction of sp³-hybridized carbons (Fsp3) is 0.304. The summed E-state index contributed by atoms with van der Waals surface area (Å²) in [6.45, 7) is 32.3. The van der Waals surface area contributed by atoms with Crippen molar-refractivity contribution in [2.75, 3.05) is 94.7 Å². The molecule has 1 fully saturated rings. The van der Waals surface area contributed by atoms with Crippen LogP contribution < -0.4 is 48.4 Å². The molecule has 35 nitrogen and oxygen atoms in total. The van der Waals surface area contributed by atoms with Gasteiger partial charge in [0.2, 0.25) is 0 Å². The Morgan fingerprint density at radius 1 is 0.593 bits per heavy atom. The minimum Gasteiger partial charge on any atom is -0.512 e. The van der Waals surface area contributed by atoms with Crippen molar-refractivity contribution in [1.29, 1.82) is 15.8 Å². The minimum absolute atomic E-state index is 0. The van der Waals surface area contributed by atoms with E-state index in [1.807, 2.05) is 126 Å². The van der Waals surface area contributed by atoms with Crippen molar-refractivity contribution in [3.05, 3.63) is 285 Å². The number of nitrogens with zero attached hydrogens (tertiary/aromatic N) is 10. The van der Waals surface area contributed by atoms with Crippen molar-refractivity contribution in [1.82, 2.24) is 24.7 Å². The number of fused-ring (bicyclic) bond motifs is 5. The molecule has 0 atom stereocenters. The van der Waals surface area contributed by atoms with E-state index in [4.69, 9.17) is 144 Å². The number of nitrogens with one attached hydrogen (secondary N) is 3. The second-order valence-electron chi connectivity index (χ2n) is 32.1. The van der Waals surface area contributed by atoms with Crippen LogP contribution in [0.5, 0.6) is 11.5 Å². The molecule has 6 heterocycles. The van der Waals surface area contributed by atoms with Crippen LogP contribution in [-0.2, 0) is 130 Å². The number of carbonyl (C=O) groups excluding carboxylic acids is 4. The van der Waals surface area contributed by atoms with E-state index in [2.05, 4.69) is 191 Å². The van der Waals surface area contributed by atoms with Crippen LogP contribution in [0.2, 0.25) is 15.1 Å². The van der Waals surface area contributed by atoms with Gasteiger partial charge in [0.05, 0.1) is 98.2 Å². The molecular weight excluding hydrogens is 2410 g/mol. The number of carboxylic acid groups (broad SMARTS) is 2. The molecule has 0 saturated carbocycles. The number of aromatic carboxylic acids is 2. The third-order valence-corrected chi connectivity index (χ3v) is 25.0. The number of Topliss-reactive ketones (excluding diaryl/α,β-unsaturated/α-hetero) is 2. The van der Waals surface area contributed by atoms with Crippen LogP contribution in [0.15, 0.2) is 157 Å². The van der Waals surface area contributed by atoms with Crippen molar-refractivity contribution in [2.24, 2.45) is 10.9 Å². The largest absolute Gasteiger partial charge is 1.00 e. The molecule has 0 radical (unpaired) electrons. The van der Waals surface area contributed by atoms with Gasteiger partial charge >= 0.3 is 44.6 Å². The number of likely N-dealkylation sites (N-methyl/N-ethyl adjacent to an activating group) is 2. The van der Waals surface area contributed by atoms with Crippen LogP contribution >= 0.6 is 137 Å². The summed E-state index contributed by atoms with van der Waals surface area (Å²) in [5.74, 6) is -1.75. The Kier molecular flexibility index (Phi) is 61.7. The first kappa shape index (κ1) is 135. The summed E-state index contributed by atoms with van der Waals surface area (Å²) in [5, 5.41) is 75.0. The van der Waals surface area contributed by atoms with E-state index in [1.54, 1.807) is 38.5 Å². The zero-order valence-corrected chi connectivity index (χ0v) is 97.1. The number of amides is 2. The number of nitrogens with two attached hydrogens (primary N) is 4. The van der Waals surface area contributed by atoms with E-state index in [9.17, 15) is 38.6 Å². The van der Waals surface area contributed by atoms with Crippen molar-refractivity contribution in [3.8, 4) is 23.6 Å². The maximum atomic E-state index is 11.4. The molecule has 0 unspecified atom stereocenters. The van der Waals surface area contributed by atoms with Crippen LogP contribution in [0.3, 0.4) is 0 Å². The van der Waals surface area contributed by atoms with E-state index in [0.29, 0.717) is 86.2 Å². The SMILES string of the molecule is CCc1cc(Br)cc(C(=O)O)c1N.CCc1cc(Br)cc2c1NC(=O)C2=O.CCc1cc(Br)ccc1N.CCc1cc(Br)ccc1NC(=O)/C=N/O.CCc1cc(C#N)cc2c(Cl)c3c(nc12)CCN(C)C3.CCc1cc(C#N)cc2c(NCc3ccc(OC)c(Cl)c3)c3c(nc12)CCN(C)C3.CN1CCC(=O)CC1.COc1ccc(CN)cc1Cl.O=P(Cl)(Cl)Cl.O=S(=O)(O)O.OO.[2HH].[C-]#N.[C-]#[N+]c1cc(CC)c(N)c(C(=O)O)c1.[Cu+]. The Bertz CT molecular complexity index is 6890. The van der Waals surface area contributed by atoms with Crippen LogP contribution in [-0.4, -0.2) is 171 Å². The number of halogens is 10. The third-order valence-electron chi connectivity index (χ3n) is 22.1. The number of piperidine rings is 1. The van der Waals surface area contributed by atoms with Gasteiger partial charge in [0.15, 0.2) is 5.69 Å². The summed E-state index contributed by atoms with van der Waals surface area (Å²) in [6.07, 6.45) is 9.83. The Morgan fingerprint density at radius 2 is 1.01 bits per heavy atom. The standard InChI is InChI=1S/C24H25ClN4O.C16H16ClN3.C10H11BrN2O2.C10H8BrNO2.C10H10N2O2.C9H10BrNO2.C8H10BrN.C8H10ClNO.C6H11NO.CN.Cl3OP.Cu.H2O4S.H2O2.H2/c1-4-17-9-16(12-26)10-18-23(17)28-21-7-8-29(2)14-19(21)24(18)27-13-15-5-6-22(30-3)20(25)11-15;1-3-11-6-10(8-18)7-12-15(17)13-9-20(2)5-4-14(13)19-16(11)12;1-2-7-5-8(11)3-4-9(7)13-10(14)6-12-15;1-2-5-3-6(11)4-7-8(5)12-10(14)9(7)13;1-3-6-4-7(12-2)5-8(9(6)11)10(13)14;1-2-5-3-6(10)4-7(8(5)11)9(12)13;1-2-6-5-7(9)3-4-8(6)10;1-11-8-3-2-6(5-10)4-7(8)9;1-7-4-2-6(8)3-5-7;1-2;1-5(2,3)4;;1-5(2,3)4;1-2;/h5-6,9-11H,4,7-8,13-14H2,1-3H3,(H,27,28);6-7H,3-5,9H2,1-2H3;3-6,15H,2H2,1H3,(H,13,14);3-4H,2H2,1H3,(H,12,13,14);4-5H,3,11H2,1H3,(H,13,14);3-4H,2,11H2,1H3,(H,12,13);3-5H,2,10H2,1H3;2-4H,5,10H2,1H3;2-5H2,1H3;;;;(H2,1,2,3,4);1-2H;1H/q;;;;;;;;;-1;;+1;;;/b;;12-6+;;;;;;;;;;;;/i;;;;;;;;;;;;;;1+1. The van der Waals surface area contributed by atoms with Crippen molar-refractivity contribution < 1.29 is 105 Å². The summed E-state index contributed by atoms with van der Waals surface area (Å²) in [4.78, 5) is 85.6. The number of aryl methyl sites for hydroxylation is 7. The molecule has 4 aliphatic rings. The van der Waals surface area contributed by atoms with Crippen LogP contribution in [0.25, 0.3) is 26.7 Å². The number of hydrogen-bond acceptors (Lipinski definition) is 28. The molecule has 15 rings (SSSR count). The number of benzene rings is 9. The van der Waals surface area contributed by atoms with Crippen LogP contribution in [0.1, 0.15) is 178 Å². The second kappa shape index (κ2) is 68.3. The maximum Gasteiger partial charge on any atom is 1.00 e. The number of hydrogen-bond donors (Lipinski definition) is 14. The molecule has 0 aliphatic carbocycles. The molecule has 11 aromatic rings. The molecule has 1 saturated heterocycles. The van der Waals surface area contributed by atoms with Gasteiger partial charge in [-0.15, -0.1) is 0 Å². The molecule has 810 valence electrons. The average Bonchev–Trinajstić information content (AvgIpc) is 1.68. The van der Waals surface area contributed by atoms with Crippen molar-refractivity contribution in [3.63, 3.8) is 0 Å². The molecular formula is C102H117Br4Cl6CuN17O18PS. The first-order valence-electron chi connectivity index (χ1n) is 45.2. The number of nitriles is 2. The number of anilines is 6. The van der Waals surface area contributed by atoms with Crippen LogP contribution in [0.4, 0.5) is 39.8 Å².